The lowest BCUT2D eigenvalue weighted by Crippen LogP contribution is -2.51. The molecule has 0 aliphatic carbocycles. The van der Waals surface area contributed by atoms with E-state index in [9.17, 15) is 4.79 Å². The van der Waals surface area contributed by atoms with Gasteiger partial charge >= 0.3 is 5.97 Å². The summed E-state index contributed by atoms with van der Waals surface area (Å²) in [5.74, 6) is 0.492. The highest BCUT2D eigenvalue weighted by molar-refractivity contribution is 5.72. The molecule has 1 aromatic rings. The Kier molecular flexibility index (Phi) is 3.93. The molecule has 1 atom stereocenters. The third kappa shape index (κ3) is 3.05. The summed E-state index contributed by atoms with van der Waals surface area (Å²) in [6, 6.07) is -0.419. The van der Waals surface area contributed by atoms with Gasteiger partial charge in [-0.2, -0.15) is 4.98 Å². The molecule has 0 bridgehead atoms. The van der Waals surface area contributed by atoms with Crippen molar-refractivity contribution in [1.29, 1.82) is 0 Å². The van der Waals surface area contributed by atoms with Crippen molar-refractivity contribution in [3.63, 3.8) is 0 Å². The minimum absolute atomic E-state index is 0.419. The van der Waals surface area contributed by atoms with Gasteiger partial charge in [-0.05, 0) is 13.8 Å². The molecule has 1 aliphatic rings. The zero-order chi connectivity index (χ0) is 13.1. The second-order valence-corrected chi connectivity index (χ2v) is 4.56. The van der Waals surface area contributed by atoms with E-state index in [-0.39, 0.29) is 0 Å². The Bertz CT molecular complexity index is 412. The first-order chi connectivity index (χ1) is 8.56. The summed E-state index contributed by atoms with van der Waals surface area (Å²) < 4.78 is 5.07. The quantitative estimate of drug-likeness (QED) is 0.807. The third-order valence-electron chi connectivity index (χ3n) is 3.24. The van der Waals surface area contributed by atoms with Crippen molar-refractivity contribution in [2.24, 2.45) is 0 Å². The molecule has 1 aliphatic heterocycles. The Morgan fingerprint density at radius 3 is 2.61 bits per heavy atom. The van der Waals surface area contributed by atoms with Crippen molar-refractivity contribution in [2.75, 3.05) is 26.2 Å². The van der Waals surface area contributed by atoms with Crippen molar-refractivity contribution in [3.8, 4) is 0 Å². The molecule has 1 saturated heterocycles. The molecule has 0 radical (unpaired) electrons. The Morgan fingerprint density at radius 1 is 1.44 bits per heavy atom. The zero-order valence-corrected chi connectivity index (χ0v) is 10.7. The Labute approximate surface area is 105 Å². The molecule has 0 spiro atoms. The SMILES string of the molecule is Cc1noc(CN2CCN(C(C)C(=O)O)CC2)n1. The van der Waals surface area contributed by atoms with Crippen LogP contribution in [-0.2, 0) is 11.3 Å². The molecule has 1 aromatic heterocycles. The van der Waals surface area contributed by atoms with Gasteiger partial charge in [-0.1, -0.05) is 5.16 Å². The summed E-state index contributed by atoms with van der Waals surface area (Å²) >= 11 is 0. The van der Waals surface area contributed by atoms with Crippen LogP contribution >= 0.6 is 0 Å². The molecule has 18 heavy (non-hydrogen) atoms. The standard InChI is InChI=1S/C11H18N4O3/c1-8(11(16)17)15-5-3-14(4-6-15)7-10-12-9(2)13-18-10/h8H,3-7H2,1-2H3,(H,16,17). The normalized spacial score (nSPS) is 19.9. The molecule has 1 fully saturated rings. The number of hydrogen-bond donors (Lipinski definition) is 1. The molecule has 100 valence electrons. The van der Waals surface area contributed by atoms with Crippen molar-refractivity contribution in [3.05, 3.63) is 11.7 Å². The number of carboxylic acids is 1. The first-order valence-corrected chi connectivity index (χ1v) is 6.04. The first-order valence-electron chi connectivity index (χ1n) is 6.04. The van der Waals surface area contributed by atoms with Crippen LogP contribution in [0.5, 0.6) is 0 Å². The molecular formula is C11H18N4O3. The number of piperazine rings is 1. The van der Waals surface area contributed by atoms with E-state index in [1.54, 1.807) is 13.8 Å². The van der Waals surface area contributed by atoms with Crippen molar-refractivity contribution < 1.29 is 14.4 Å². The smallest absolute Gasteiger partial charge is 0.320 e. The van der Waals surface area contributed by atoms with Gasteiger partial charge in [0.15, 0.2) is 5.82 Å². The minimum atomic E-state index is -0.768. The summed E-state index contributed by atoms with van der Waals surface area (Å²) in [5.41, 5.74) is 0. The summed E-state index contributed by atoms with van der Waals surface area (Å²) in [6.07, 6.45) is 0. The predicted octanol–water partition coefficient (Wildman–Crippen LogP) is -0.0313. The topological polar surface area (TPSA) is 82.7 Å². The highest BCUT2D eigenvalue weighted by Crippen LogP contribution is 2.09. The molecule has 0 saturated carbocycles. The van der Waals surface area contributed by atoms with Gasteiger partial charge < -0.3 is 9.63 Å². The van der Waals surface area contributed by atoms with Crippen molar-refractivity contribution >= 4 is 5.97 Å². The van der Waals surface area contributed by atoms with E-state index in [1.165, 1.54) is 0 Å². The van der Waals surface area contributed by atoms with E-state index in [1.807, 2.05) is 4.90 Å². The summed E-state index contributed by atoms with van der Waals surface area (Å²) in [6.45, 7) is 7.29. The lowest BCUT2D eigenvalue weighted by Gasteiger charge is -2.35. The molecule has 1 unspecified atom stereocenters. The lowest BCUT2D eigenvalue weighted by atomic mass is 10.2. The molecular weight excluding hydrogens is 236 g/mol. The van der Waals surface area contributed by atoms with Gasteiger partial charge in [-0.15, -0.1) is 0 Å². The van der Waals surface area contributed by atoms with Crippen LogP contribution in [0.25, 0.3) is 0 Å². The summed E-state index contributed by atoms with van der Waals surface area (Å²) in [4.78, 5) is 19.2. The van der Waals surface area contributed by atoms with Gasteiger partial charge in [0.25, 0.3) is 0 Å². The highest BCUT2D eigenvalue weighted by Gasteiger charge is 2.25. The number of carboxylic acid groups (broad SMARTS) is 1. The Morgan fingerprint density at radius 2 is 2.11 bits per heavy atom. The second-order valence-electron chi connectivity index (χ2n) is 4.56. The number of hydrogen-bond acceptors (Lipinski definition) is 6. The fourth-order valence-corrected chi connectivity index (χ4v) is 2.06. The minimum Gasteiger partial charge on any atom is -0.480 e. The number of aryl methyl sites for hydroxylation is 1. The molecule has 0 amide bonds. The largest absolute Gasteiger partial charge is 0.480 e. The van der Waals surface area contributed by atoms with Crippen LogP contribution in [0.15, 0.2) is 4.52 Å². The second kappa shape index (κ2) is 5.45. The van der Waals surface area contributed by atoms with Crippen LogP contribution in [0.1, 0.15) is 18.6 Å². The van der Waals surface area contributed by atoms with E-state index in [2.05, 4.69) is 15.0 Å². The Balaban J connectivity index is 1.81. The molecule has 2 rings (SSSR count). The van der Waals surface area contributed by atoms with Crippen LogP contribution < -0.4 is 0 Å². The fraction of sp³-hybridized carbons (Fsp3) is 0.727. The fourth-order valence-electron chi connectivity index (χ4n) is 2.06. The average Bonchev–Trinajstić information content (AvgIpc) is 2.75. The summed E-state index contributed by atoms with van der Waals surface area (Å²) in [7, 11) is 0. The Hall–Kier alpha value is -1.47. The van der Waals surface area contributed by atoms with Gasteiger partial charge in [0.05, 0.1) is 6.54 Å². The molecule has 2 heterocycles. The maximum atomic E-state index is 10.9. The van der Waals surface area contributed by atoms with Gasteiger partial charge in [-0.3, -0.25) is 14.6 Å². The van der Waals surface area contributed by atoms with Crippen molar-refractivity contribution in [2.45, 2.75) is 26.4 Å². The number of carbonyl (C=O) groups is 1. The average molecular weight is 254 g/mol. The van der Waals surface area contributed by atoms with Crippen LogP contribution in [-0.4, -0.2) is 63.2 Å². The predicted molar refractivity (Wildman–Crippen MR) is 63.0 cm³/mol. The molecule has 7 heteroatoms. The van der Waals surface area contributed by atoms with Gasteiger partial charge in [0.2, 0.25) is 5.89 Å². The van der Waals surface area contributed by atoms with Crippen LogP contribution in [0, 0.1) is 6.92 Å². The van der Waals surface area contributed by atoms with E-state index in [0.717, 1.165) is 26.2 Å². The van der Waals surface area contributed by atoms with E-state index in [0.29, 0.717) is 18.3 Å². The van der Waals surface area contributed by atoms with Gasteiger partial charge in [0.1, 0.15) is 6.04 Å². The third-order valence-corrected chi connectivity index (χ3v) is 3.24. The molecule has 1 N–H and O–H groups in total. The highest BCUT2D eigenvalue weighted by atomic mass is 16.5. The number of aliphatic carboxylic acids is 1. The first kappa shape index (κ1) is 13.0. The van der Waals surface area contributed by atoms with Crippen LogP contribution in [0.2, 0.25) is 0 Å². The van der Waals surface area contributed by atoms with E-state index < -0.39 is 12.0 Å². The molecule has 7 nitrogen and oxygen atoms in total. The van der Waals surface area contributed by atoms with Gasteiger partial charge in [0, 0.05) is 26.2 Å². The number of rotatable bonds is 4. The van der Waals surface area contributed by atoms with E-state index >= 15 is 0 Å². The summed E-state index contributed by atoms with van der Waals surface area (Å²) in [5, 5.41) is 12.7. The van der Waals surface area contributed by atoms with E-state index in [4.69, 9.17) is 9.63 Å². The lowest BCUT2D eigenvalue weighted by molar-refractivity contribution is -0.143. The number of aromatic nitrogens is 2. The monoisotopic (exact) mass is 254 g/mol. The number of nitrogens with zero attached hydrogens (tertiary/aromatic N) is 4. The zero-order valence-electron chi connectivity index (χ0n) is 10.7. The van der Waals surface area contributed by atoms with Gasteiger partial charge in [-0.25, -0.2) is 0 Å². The van der Waals surface area contributed by atoms with Crippen LogP contribution in [0.3, 0.4) is 0 Å². The maximum absolute atomic E-state index is 10.9. The molecule has 0 aromatic carbocycles. The van der Waals surface area contributed by atoms with Crippen molar-refractivity contribution in [1.82, 2.24) is 19.9 Å². The maximum Gasteiger partial charge on any atom is 0.320 e. The van der Waals surface area contributed by atoms with Crippen LogP contribution in [0.4, 0.5) is 0 Å².